The highest BCUT2D eigenvalue weighted by Crippen LogP contribution is 2.22. The maximum absolute atomic E-state index is 12.6. The third kappa shape index (κ3) is 8.97. The topological polar surface area (TPSA) is 83.5 Å². The minimum absolute atomic E-state index is 0.00501. The maximum Gasteiger partial charge on any atom is 0.326 e. The lowest BCUT2D eigenvalue weighted by Gasteiger charge is -2.21. The summed E-state index contributed by atoms with van der Waals surface area (Å²) < 4.78 is 0. The molecule has 2 atom stereocenters. The Morgan fingerprint density at radius 1 is 1.16 bits per heavy atom. The minimum atomic E-state index is -1.02. The lowest BCUT2D eigenvalue weighted by molar-refractivity contribution is -0.142. The van der Waals surface area contributed by atoms with Gasteiger partial charge in [-0.2, -0.15) is 0 Å². The average molecular weight is 384 g/mol. The SMILES string of the molecule is CC(=O)SCS[C@@H](Cc1ccccc1)C(=O)N[C@@H](CC(C)C)C(=O)O. The molecule has 1 rings (SSSR count). The summed E-state index contributed by atoms with van der Waals surface area (Å²) in [5, 5.41) is 12.0. The predicted octanol–water partition coefficient (Wildman–Crippen LogP) is 3.18. The van der Waals surface area contributed by atoms with E-state index in [2.05, 4.69) is 5.32 Å². The summed E-state index contributed by atoms with van der Waals surface area (Å²) in [5.74, 6) is -1.16. The number of rotatable bonds is 10. The van der Waals surface area contributed by atoms with Crippen LogP contribution in [-0.2, 0) is 20.8 Å². The molecule has 0 radical (unpaired) electrons. The number of carboxylic acids is 1. The van der Waals surface area contributed by atoms with Gasteiger partial charge in [-0.05, 0) is 24.3 Å². The minimum Gasteiger partial charge on any atom is -0.480 e. The molecule has 2 N–H and O–H groups in total. The lowest BCUT2D eigenvalue weighted by atomic mass is 10.0. The van der Waals surface area contributed by atoms with Gasteiger partial charge in [-0.15, -0.1) is 11.8 Å². The highest BCUT2D eigenvalue weighted by molar-refractivity contribution is 8.24. The number of carbonyl (C=O) groups excluding carboxylic acids is 2. The van der Waals surface area contributed by atoms with Crippen molar-refractivity contribution in [2.45, 2.75) is 44.9 Å². The molecule has 7 heteroatoms. The quantitative estimate of drug-likeness (QED) is 0.604. The van der Waals surface area contributed by atoms with Gasteiger partial charge in [0.2, 0.25) is 5.91 Å². The van der Waals surface area contributed by atoms with E-state index in [0.717, 1.165) is 17.3 Å². The van der Waals surface area contributed by atoms with Gasteiger partial charge in [-0.3, -0.25) is 9.59 Å². The molecule has 0 aliphatic carbocycles. The van der Waals surface area contributed by atoms with Crippen LogP contribution in [0.1, 0.15) is 32.8 Å². The van der Waals surface area contributed by atoms with Gasteiger partial charge >= 0.3 is 5.97 Å². The van der Waals surface area contributed by atoms with Crippen LogP contribution in [0.4, 0.5) is 0 Å². The molecule has 0 fully saturated rings. The van der Waals surface area contributed by atoms with Gasteiger partial charge in [0.05, 0.1) is 5.25 Å². The second kappa shape index (κ2) is 11.2. The first-order chi connectivity index (χ1) is 11.8. The van der Waals surface area contributed by atoms with Gasteiger partial charge in [-0.25, -0.2) is 4.79 Å². The molecular formula is C18H25NO4S2. The first-order valence-electron chi connectivity index (χ1n) is 8.11. The van der Waals surface area contributed by atoms with E-state index in [1.54, 1.807) is 0 Å². The van der Waals surface area contributed by atoms with Crippen LogP contribution in [0.5, 0.6) is 0 Å². The van der Waals surface area contributed by atoms with Crippen molar-refractivity contribution in [3.8, 4) is 0 Å². The molecule has 5 nitrogen and oxygen atoms in total. The van der Waals surface area contributed by atoms with Crippen LogP contribution in [0.25, 0.3) is 0 Å². The molecule has 0 unspecified atom stereocenters. The molecule has 0 aliphatic heterocycles. The van der Waals surface area contributed by atoms with Crippen LogP contribution < -0.4 is 5.32 Å². The average Bonchev–Trinajstić information content (AvgIpc) is 2.53. The Kier molecular flexibility index (Phi) is 9.67. The zero-order chi connectivity index (χ0) is 18.8. The van der Waals surface area contributed by atoms with E-state index in [1.165, 1.54) is 18.7 Å². The molecule has 0 saturated carbocycles. The number of aliphatic carboxylic acids is 1. The summed E-state index contributed by atoms with van der Waals surface area (Å²) in [5.41, 5.74) is 0.999. The van der Waals surface area contributed by atoms with E-state index in [1.807, 2.05) is 44.2 Å². The second-order valence-corrected chi connectivity index (χ2v) is 8.84. The lowest BCUT2D eigenvalue weighted by Crippen LogP contribution is -2.45. The molecule has 0 aromatic heterocycles. The highest BCUT2D eigenvalue weighted by atomic mass is 32.2. The van der Waals surface area contributed by atoms with Crippen molar-refractivity contribution >= 4 is 40.5 Å². The van der Waals surface area contributed by atoms with E-state index in [0.29, 0.717) is 17.9 Å². The van der Waals surface area contributed by atoms with Gasteiger partial charge in [0.25, 0.3) is 0 Å². The number of hydrogen-bond donors (Lipinski definition) is 2. The molecule has 1 amide bonds. The predicted molar refractivity (Wildman–Crippen MR) is 104 cm³/mol. The van der Waals surface area contributed by atoms with Gasteiger partial charge in [0.15, 0.2) is 5.12 Å². The number of hydrogen-bond acceptors (Lipinski definition) is 5. The third-order valence-corrected chi connectivity index (χ3v) is 5.61. The van der Waals surface area contributed by atoms with Crippen LogP contribution in [0, 0.1) is 5.92 Å². The standard InChI is InChI=1S/C18H25NO4S2/c1-12(2)9-15(18(22)23)19-17(21)16(25-11-24-13(3)20)10-14-7-5-4-6-8-14/h4-8,12,15-16H,9-11H2,1-3H3,(H,19,21)(H,22,23)/t15-,16-/m0/s1. The zero-order valence-corrected chi connectivity index (χ0v) is 16.4. The molecule has 1 aromatic carbocycles. The number of thioether (sulfide) groups is 2. The fraction of sp³-hybridized carbons (Fsp3) is 0.500. The molecule has 0 aliphatic rings. The monoisotopic (exact) mass is 383 g/mol. The summed E-state index contributed by atoms with van der Waals surface area (Å²) in [6.45, 7) is 5.32. The van der Waals surface area contributed by atoms with Crippen molar-refractivity contribution in [1.82, 2.24) is 5.32 Å². The number of nitrogens with one attached hydrogen (secondary N) is 1. The first kappa shape index (κ1) is 21.6. The van der Waals surface area contributed by atoms with E-state index >= 15 is 0 Å². The van der Waals surface area contributed by atoms with Crippen molar-refractivity contribution in [3.05, 3.63) is 35.9 Å². The van der Waals surface area contributed by atoms with Crippen LogP contribution in [-0.4, -0.2) is 38.5 Å². The van der Waals surface area contributed by atoms with Crippen LogP contribution >= 0.6 is 23.5 Å². The van der Waals surface area contributed by atoms with E-state index in [4.69, 9.17) is 0 Å². The molecule has 25 heavy (non-hydrogen) atoms. The van der Waals surface area contributed by atoms with Crippen molar-refractivity contribution < 1.29 is 19.5 Å². The summed E-state index contributed by atoms with van der Waals surface area (Å²) in [7, 11) is 0. The molecule has 0 spiro atoms. The van der Waals surface area contributed by atoms with Crippen LogP contribution in [0.15, 0.2) is 30.3 Å². The first-order valence-corrected chi connectivity index (χ1v) is 10.1. The number of carbonyl (C=O) groups is 3. The van der Waals surface area contributed by atoms with Gasteiger partial charge < -0.3 is 10.4 Å². The van der Waals surface area contributed by atoms with Crippen LogP contribution in [0.3, 0.4) is 0 Å². The Hall–Kier alpha value is -1.47. The second-order valence-electron chi connectivity index (χ2n) is 6.13. The fourth-order valence-corrected chi connectivity index (χ4v) is 4.33. The molecule has 0 saturated heterocycles. The smallest absolute Gasteiger partial charge is 0.326 e. The molecular weight excluding hydrogens is 358 g/mol. The summed E-state index contributed by atoms with van der Waals surface area (Å²) in [4.78, 5) is 35.1. The van der Waals surface area contributed by atoms with Gasteiger partial charge in [0.1, 0.15) is 6.04 Å². The van der Waals surface area contributed by atoms with E-state index in [-0.39, 0.29) is 16.9 Å². The summed E-state index contributed by atoms with van der Waals surface area (Å²) in [6.07, 6.45) is 0.871. The van der Waals surface area contributed by atoms with Crippen molar-refractivity contribution in [1.29, 1.82) is 0 Å². The fourth-order valence-electron chi connectivity index (χ4n) is 2.21. The maximum atomic E-state index is 12.6. The van der Waals surface area contributed by atoms with Gasteiger partial charge in [-0.1, -0.05) is 55.9 Å². The van der Waals surface area contributed by atoms with Crippen molar-refractivity contribution in [3.63, 3.8) is 0 Å². The Morgan fingerprint density at radius 3 is 2.32 bits per heavy atom. The summed E-state index contributed by atoms with van der Waals surface area (Å²) >= 11 is 2.51. The Morgan fingerprint density at radius 2 is 1.80 bits per heavy atom. The number of carboxylic acid groups (broad SMARTS) is 1. The van der Waals surface area contributed by atoms with Crippen molar-refractivity contribution in [2.24, 2.45) is 5.92 Å². The molecule has 1 aromatic rings. The Bertz CT molecular complexity index is 578. The van der Waals surface area contributed by atoms with E-state index in [9.17, 15) is 19.5 Å². The normalized spacial score (nSPS) is 13.3. The molecule has 0 bridgehead atoms. The molecule has 138 valence electrons. The zero-order valence-electron chi connectivity index (χ0n) is 14.7. The van der Waals surface area contributed by atoms with Crippen LogP contribution in [0.2, 0.25) is 0 Å². The number of amides is 1. The Labute approximate surface area is 157 Å². The number of benzene rings is 1. The summed E-state index contributed by atoms with van der Waals surface area (Å²) in [6, 6.07) is 8.67. The van der Waals surface area contributed by atoms with Gasteiger partial charge in [0, 0.05) is 12.0 Å². The highest BCUT2D eigenvalue weighted by Gasteiger charge is 2.26. The largest absolute Gasteiger partial charge is 0.480 e. The van der Waals surface area contributed by atoms with E-state index < -0.39 is 17.3 Å². The Balaban J connectivity index is 2.78. The van der Waals surface area contributed by atoms with Crippen molar-refractivity contribution in [2.75, 3.05) is 5.08 Å². The third-order valence-electron chi connectivity index (χ3n) is 3.41. The molecule has 0 heterocycles.